The van der Waals surface area contributed by atoms with E-state index in [-0.39, 0.29) is 5.78 Å². The lowest BCUT2D eigenvalue weighted by Gasteiger charge is -2.09. The van der Waals surface area contributed by atoms with Crippen molar-refractivity contribution >= 4 is 5.78 Å². The van der Waals surface area contributed by atoms with Crippen molar-refractivity contribution in [1.82, 2.24) is 4.57 Å². The van der Waals surface area contributed by atoms with Gasteiger partial charge < -0.3 is 4.57 Å². The van der Waals surface area contributed by atoms with Crippen LogP contribution in [0, 0.1) is 5.92 Å². The zero-order valence-electron chi connectivity index (χ0n) is 13.1. The average Bonchev–Trinajstić information content (AvgIpc) is 3.10. The molecular weight excluding hydrogens is 258 g/mol. The maximum atomic E-state index is 12.5. The van der Waals surface area contributed by atoms with Crippen molar-refractivity contribution in [3.05, 3.63) is 71.6 Å². The predicted molar refractivity (Wildman–Crippen MR) is 87.7 cm³/mol. The molecule has 0 bridgehead atoms. The Hall–Kier alpha value is -2.09. The summed E-state index contributed by atoms with van der Waals surface area (Å²) in [7, 11) is 0. The monoisotopic (exact) mass is 281 g/mol. The van der Waals surface area contributed by atoms with E-state index in [1.807, 2.05) is 50.2 Å². The highest BCUT2D eigenvalue weighted by molar-refractivity contribution is 6.08. The van der Waals surface area contributed by atoms with Crippen LogP contribution in [0.15, 0.2) is 54.6 Å². The van der Waals surface area contributed by atoms with Crippen LogP contribution in [-0.4, -0.2) is 10.4 Å². The molecule has 0 radical (unpaired) electrons. The normalized spacial score (nSPS) is 15.9. The molecule has 2 heteroatoms. The molecule has 0 N–H and O–H groups in total. The molecule has 0 spiro atoms. The van der Waals surface area contributed by atoms with Gasteiger partial charge in [-0.25, -0.2) is 0 Å². The van der Waals surface area contributed by atoms with E-state index in [0.29, 0.717) is 5.92 Å². The standard InChI is InChI=1S/C17H17NO.C2H6/c1-12(2)14-10-15-8-9-16(18(15)11-14)17(19)13-6-4-3-5-7-13;1-2/h3-9,14H,1,10-11H2,2H3;1-2H3. The van der Waals surface area contributed by atoms with Crippen molar-refractivity contribution < 1.29 is 4.79 Å². The van der Waals surface area contributed by atoms with E-state index in [2.05, 4.69) is 24.1 Å². The molecule has 1 aromatic heterocycles. The third-order valence-corrected chi connectivity index (χ3v) is 3.90. The Bertz CT molecular complexity index is 637. The topological polar surface area (TPSA) is 22.0 Å². The summed E-state index contributed by atoms with van der Waals surface area (Å²) in [5, 5.41) is 0. The summed E-state index contributed by atoms with van der Waals surface area (Å²) in [6, 6.07) is 13.5. The van der Waals surface area contributed by atoms with Crippen LogP contribution in [0.1, 0.15) is 42.5 Å². The molecule has 0 amide bonds. The van der Waals surface area contributed by atoms with Crippen LogP contribution >= 0.6 is 0 Å². The first kappa shape index (κ1) is 15.3. The average molecular weight is 281 g/mol. The van der Waals surface area contributed by atoms with E-state index < -0.39 is 0 Å². The molecule has 3 rings (SSSR count). The first-order chi connectivity index (χ1) is 10.2. The Morgan fingerprint density at radius 1 is 1.14 bits per heavy atom. The molecule has 0 saturated heterocycles. The number of rotatable bonds is 3. The fourth-order valence-corrected chi connectivity index (χ4v) is 2.71. The van der Waals surface area contributed by atoms with Gasteiger partial charge in [-0.15, -0.1) is 0 Å². The Morgan fingerprint density at radius 2 is 1.81 bits per heavy atom. The van der Waals surface area contributed by atoms with Crippen molar-refractivity contribution in [1.29, 1.82) is 0 Å². The fourth-order valence-electron chi connectivity index (χ4n) is 2.71. The van der Waals surface area contributed by atoms with Gasteiger partial charge in [0.15, 0.2) is 0 Å². The fraction of sp³-hybridized carbons (Fsp3) is 0.316. The first-order valence-corrected chi connectivity index (χ1v) is 7.60. The minimum Gasteiger partial charge on any atom is -0.341 e. The third-order valence-electron chi connectivity index (χ3n) is 3.90. The van der Waals surface area contributed by atoms with Crippen molar-refractivity contribution in [2.75, 3.05) is 0 Å². The van der Waals surface area contributed by atoms with Crippen molar-refractivity contribution in [2.45, 2.75) is 33.7 Å². The van der Waals surface area contributed by atoms with Gasteiger partial charge in [-0.2, -0.15) is 0 Å². The van der Waals surface area contributed by atoms with Crippen LogP contribution in [0.3, 0.4) is 0 Å². The lowest BCUT2D eigenvalue weighted by molar-refractivity contribution is 0.103. The van der Waals surface area contributed by atoms with Gasteiger partial charge in [-0.3, -0.25) is 4.79 Å². The number of ketones is 1. The van der Waals surface area contributed by atoms with Gasteiger partial charge in [0.05, 0.1) is 5.69 Å². The van der Waals surface area contributed by atoms with Crippen LogP contribution in [0.25, 0.3) is 0 Å². The summed E-state index contributed by atoms with van der Waals surface area (Å²) in [6.07, 6.45) is 0.997. The Balaban J connectivity index is 0.000000774. The Morgan fingerprint density at radius 3 is 2.43 bits per heavy atom. The highest BCUT2D eigenvalue weighted by Crippen LogP contribution is 2.28. The van der Waals surface area contributed by atoms with E-state index in [0.717, 1.165) is 24.2 Å². The molecule has 1 unspecified atom stereocenters. The Labute approximate surface area is 127 Å². The summed E-state index contributed by atoms with van der Waals surface area (Å²) in [4.78, 5) is 12.5. The zero-order chi connectivity index (χ0) is 15.4. The summed E-state index contributed by atoms with van der Waals surface area (Å²) in [5.74, 6) is 0.577. The quantitative estimate of drug-likeness (QED) is 0.600. The predicted octanol–water partition coefficient (Wildman–Crippen LogP) is 4.49. The van der Waals surface area contributed by atoms with Crippen molar-refractivity contribution in [3.63, 3.8) is 0 Å². The van der Waals surface area contributed by atoms with Gasteiger partial charge in [-0.05, 0) is 25.5 Å². The number of allylic oxidation sites excluding steroid dienone is 1. The van der Waals surface area contributed by atoms with Crippen LogP contribution < -0.4 is 0 Å². The molecule has 0 saturated carbocycles. The number of benzene rings is 1. The number of hydrogen-bond donors (Lipinski definition) is 0. The molecule has 2 heterocycles. The number of nitrogens with zero attached hydrogens (tertiary/aromatic N) is 1. The van der Waals surface area contributed by atoms with Gasteiger partial charge in [0.2, 0.25) is 5.78 Å². The molecule has 1 atom stereocenters. The van der Waals surface area contributed by atoms with E-state index in [9.17, 15) is 4.79 Å². The first-order valence-electron chi connectivity index (χ1n) is 7.60. The molecule has 1 aliphatic heterocycles. The zero-order valence-corrected chi connectivity index (χ0v) is 13.1. The summed E-state index contributed by atoms with van der Waals surface area (Å²) in [5.41, 5.74) is 3.99. The van der Waals surface area contributed by atoms with Crippen molar-refractivity contribution in [3.8, 4) is 0 Å². The molecule has 2 nitrogen and oxygen atoms in total. The maximum Gasteiger partial charge on any atom is 0.209 e. The van der Waals surface area contributed by atoms with Crippen molar-refractivity contribution in [2.24, 2.45) is 5.92 Å². The lowest BCUT2D eigenvalue weighted by atomic mass is 9.99. The minimum absolute atomic E-state index is 0.106. The van der Waals surface area contributed by atoms with E-state index >= 15 is 0 Å². The molecule has 0 fully saturated rings. The maximum absolute atomic E-state index is 12.5. The second-order valence-corrected chi connectivity index (χ2v) is 5.26. The largest absolute Gasteiger partial charge is 0.341 e. The highest BCUT2D eigenvalue weighted by Gasteiger charge is 2.26. The van der Waals surface area contributed by atoms with Crippen LogP contribution in [0.2, 0.25) is 0 Å². The van der Waals surface area contributed by atoms with Crippen LogP contribution in [-0.2, 0) is 13.0 Å². The van der Waals surface area contributed by atoms with Crippen LogP contribution in [0.5, 0.6) is 0 Å². The second-order valence-electron chi connectivity index (χ2n) is 5.26. The lowest BCUT2D eigenvalue weighted by Crippen LogP contribution is -2.11. The molecule has 2 aromatic rings. The van der Waals surface area contributed by atoms with E-state index in [1.54, 1.807) is 0 Å². The van der Waals surface area contributed by atoms with Gasteiger partial charge in [0.1, 0.15) is 0 Å². The third kappa shape index (κ3) is 2.99. The molecular formula is C19H23NO. The molecule has 110 valence electrons. The molecule has 21 heavy (non-hydrogen) atoms. The Kier molecular flexibility index (Phi) is 4.79. The number of carbonyl (C=O) groups is 1. The molecule has 1 aromatic carbocycles. The van der Waals surface area contributed by atoms with Gasteiger partial charge in [-0.1, -0.05) is 56.3 Å². The SMILES string of the molecule is C=C(C)C1Cc2ccc(C(=O)c3ccccc3)n2C1.CC. The number of hydrogen-bond acceptors (Lipinski definition) is 1. The summed E-state index contributed by atoms with van der Waals surface area (Å²) in [6.45, 7) is 11.0. The van der Waals surface area contributed by atoms with Gasteiger partial charge in [0.25, 0.3) is 0 Å². The number of fused-ring (bicyclic) bond motifs is 1. The summed E-state index contributed by atoms with van der Waals surface area (Å²) >= 11 is 0. The van der Waals surface area contributed by atoms with Gasteiger partial charge in [0, 0.05) is 23.7 Å². The minimum atomic E-state index is 0.106. The van der Waals surface area contributed by atoms with Crippen LogP contribution in [0.4, 0.5) is 0 Å². The molecule has 0 aliphatic carbocycles. The second kappa shape index (κ2) is 6.57. The molecule has 1 aliphatic rings. The van der Waals surface area contributed by atoms with E-state index in [4.69, 9.17) is 0 Å². The van der Waals surface area contributed by atoms with E-state index in [1.165, 1.54) is 11.3 Å². The number of carbonyl (C=O) groups excluding carboxylic acids is 1. The smallest absolute Gasteiger partial charge is 0.209 e. The highest BCUT2D eigenvalue weighted by atomic mass is 16.1. The number of aromatic nitrogens is 1. The summed E-state index contributed by atoms with van der Waals surface area (Å²) < 4.78 is 2.15. The van der Waals surface area contributed by atoms with Gasteiger partial charge >= 0.3 is 0 Å².